The van der Waals surface area contributed by atoms with Gasteiger partial charge in [0.25, 0.3) is 5.91 Å². The van der Waals surface area contributed by atoms with Crippen molar-refractivity contribution >= 4 is 23.6 Å². The van der Waals surface area contributed by atoms with Crippen molar-refractivity contribution in [1.82, 2.24) is 9.80 Å². The molecule has 218 valence electrons. The molecule has 2 fully saturated rings. The largest absolute Gasteiger partial charge is 0.387 e. The van der Waals surface area contributed by atoms with Gasteiger partial charge < -0.3 is 14.9 Å². The quantitative estimate of drug-likeness (QED) is 0.460. The highest BCUT2D eigenvalue weighted by Crippen LogP contribution is 2.42. The maximum atomic E-state index is 14.8. The number of piperidine rings is 1. The maximum absolute atomic E-state index is 14.8. The first-order valence-corrected chi connectivity index (χ1v) is 15.0. The van der Waals surface area contributed by atoms with Crippen LogP contribution < -0.4 is 0 Å². The molecule has 3 heterocycles. The number of carbonyl (C=O) groups is 2. The Morgan fingerprint density at radius 2 is 1.93 bits per heavy atom. The number of dihydropyridines is 1. The summed E-state index contributed by atoms with van der Waals surface area (Å²) < 4.78 is 14.8. The van der Waals surface area contributed by atoms with Gasteiger partial charge in [-0.3, -0.25) is 9.59 Å². The van der Waals surface area contributed by atoms with E-state index in [4.69, 9.17) is 0 Å². The number of nitrogens with zero attached hydrogens (tertiary/aromatic N) is 3. The molecule has 0 bridgehead atoms. The van der Waals surface area contributed by atoms with Crippen LogP contribution in [0.3, 0.4) is 0 Å². The average molecular weight is 560 g/mol. The number of carbonyl (C=O) groups excluding carboxylic acids is 2. The van der Waals surface area contributed by atoms with E-state index in [0.717, 1.165) is 12.1 Å². The predicted octanol–water partition coefficient (Wildman–Crippen LogP) is 6.06. The van der Waals surface area contributed by atoms with Crippen LogP contribution in [0.25, 0.3) is 5.57 Å². The third kappa shape index (κ3) is 6.15. The van der Waals surface area contributed by atoms with E-state index in [2.05, 4.69) is 11.9 Å². The van der Waals surface area contributed by atoms with Crippen molar-refractivity contribution in [3.63, 3.8) is 0 Å². The minimum absolute atomic E-state index is 0.0107. The highest BCUT2D eigenvalue weighted by molar-refractivity contribution is 6.16. The number of hydrogen-bond donors (Lipinski definition) is 1. The zero-order chi connectivity index (χ0) is 29.2. The summed E-state index contributed by atoms with van der Waals surface area (Å²) >= 11 is 0. The van der Waals surface area contributed by atoms with E-state index in [-0.39, 0.29) is 18.4 Å². The zero-order valence-corrected chi connectivity index (χ0v) is 24.5. The monoisotopic (exact) mass is 559 g/mol. The molecule has 0 aromatic heterocycles. The lowest BCUT2D eigenvalue weighted by Gasteiger charge is -2.52. The lowest BCUT2D eigenvalue weighted by Crippen LogP contribution is -2.62. The molecule has 1 saturated carbocycles. The zero-order valence-electron chi connectivity index (χ0n) is 24.5. The van der Waals surface area contributed by atoms with Gasteiger partial charge in [0, 0.05) is 59.6 Å². The summed E-state index contributed by atoms with van der Waals surface area (Å²) in [4.78, 5) is 33.6. The van der Waals surface area contributed by atoms with E-state index in [1.54, 1.807) is 18.2 Å². The normalized spacial score (nSPS) is 27.2. The molecule has 1 aromatic rings. The van der Waals surface area contributed by atoms with Crippen molar-refractivity contribution in [2.24, 2.45) is 22.2 Å². The van der Waals surface area contributed by atoms with Crippen molar-refractivity contribution in [3.05, 3.63) is 77.4 Å². The molecule has 4 aliphatic rings. The summed E-state index contributed by atoms with van der Waals surface area (Å²) in [6.45, 7) is 7.38. The van der Waals surface area contributed by atoms with Crippen molar-refractivity contribution in [1.29, 1.82) is 0 Å². The van der Waals surface area contributed by atoms with Crippen LogP contribution in [-0.2, 0) is 9.59 Å². The minimum Gasteiger partial charge on any atom is -0.387 e. The average Bonchev–Trinajstić information content (AvgIpc) is 2.95. The highest BCUT2D eigenvalue weighted by atomic mass is 19.1. The van der Waals surface area contributed by atoms with Crippen LogP contribution in [0, 0.1) is 23.1 Å². The second kappa shape index (κ2) is 11.9. The Morgan fingerprint density at radius 3 is 2.66 bits per heavy atom. The third-order valence-corrected chi connectivity index (χ3v) is 9.48. The highest BCUT2D eigenvalue weighted by Gasteiger charge is 2.50. The summed E-state index contributed by atoms with van der Waals surface area (Å²) in [6.07, 6.45) is 18.1. The number of amides is 2. The van der Waals surface area contributed by atoms with E-state index in [1.165, 1.54) is 50.5 Å². The Kier molecular flexibility index (Phi) is 8.46. The number of hydrogen-bond acceptors (Lipinski definition) is 4. The van der Waals surface area contributed by atoms with E-state index >= 15 is 0 Å². The topological polar surface area (TPSA) is 73.2 Å². The fraction of sp³-hybridized carbons (Fsp3) is 0.500. The molecule has 3 aliphatic heterocycles. The molecule has 1 aliphatic carbocycles. The summed E-state index contributed by atoms with van der Waals surface area (Å²) in [5, 5.41) is 12.1. The Morgan fingerprint density at radius 1 is 1.17 bits per heavy atom. The molecular weight excluding hydrogens is 517 g/mol. The van der Waals surface area contributed by atoms with E-state index in [0.29, 0.717) is 42.1 Å². The van der Waals surface area contributed by atoms with Gasteiger partial charge in [-0.1, -0.05) is 77.2 Å². The lowest BCUT2D eigenvalue weighted by atomic mass is 9.69. The Labute approximate surface area is 243 Å². The summed E-state index contributed by atoms with van der Waals surface area (Å²) in [5.41, 5.74) is 0.452. The van der Waals surface area contributed by atoms with Crippen LogP contribution in [0.1, 0.15) is 71.3 Å². The second-order valence-corrected chi connectivity index (χ2v) is 12.8. The molecule has 2 atom stereocenters. The molecule has 1 unspecified atom stereocenters. The molecule has 2 amide bonds. The molecule has 7 heteroatoms. The second-order valence-electron chi connectivity index (χ2n) is 12.8. The minimum atomic E-state index is -1.10. The fourth-order valence-corrected chi connectivity index (χ4v) is 6.86. The van der Waals surface area contributed by atoms with Gasteiger partial charge in [0.15, 0.2) is 0 Å². The van der Waals surface area contributed by atoms with Crippen molar-refractivity contribution < 1.29 is 19.1 Å². The number of halogens is 1. The smallest absolute Gasteiger partial charge is 0.270 e. The molecule has 1 saturated heterocycles. The van der Waals surface area contributed by atoms with Gasteiger partial charge in [-0.2, -0.15) is 0 Å². The van der Waals surface area contributed by atoms with Crippen LogP contribution in [0.4, 0.5) is 4.39 Å². The third-order valence-electron chi connectivity index (χ3n) is 9.48. The van der Waals surface area contributed by atoms with Crippen molar-refractivity contribution in [3.8, 4) is 0 Å². The van der Waals surface area contributed by atoms with Gasteiger partial charge in [-0.05, 0) is 37.0 Å². The van der Waals surface area contributed by atoms with Gasteiger partial charge in [-0.15, -0.1) is 0 Å². The van der Waals surface area contributed by atoms with Crippen molar-refractivity contribution in [2.75, 3.05) is 19.6 Å². The molecule has 1 aromatic carbocycles. The van der Waals surface area contributed by atoms with Gasteiger partial charge in [-0.25, -0.2) is 9.38 Å². The van der Waals surface area contributed by atoms with Gasteiger partial charge in [0.1, 0.15) is 5.82 Å². The van der Waals surface area contributed by atoms with Gasteiger partial charge in [0.05, 0.1) is 17.8 Å². The number of likely N-dealkylation sites (tertiary alicyclic amines) is 1. The Hall–Kier alpha value is -3.32. The Bertz CT molecular complexity index is 1330. The molecule has 1 N–H and O–H groups in total. The number of aliphatic hydroxyl groups is 1. The molecule has 6 nitrogen and oxygen atoms in total. The van der Waals surface area contributed by atoms with Gasteiger partial charge in [0.2, 0.25) is 5.91 Å². The molecule has 41 heavy (non-hydrogen) atoms. The Balaban J connectivity index is 1.35. The molecule has 0 radical (unpaired) electrons. The number of β-amino-alcohol motifs (C(OH)–C–C–N with tert-alkyl or cyclic N) is 1. The SMILES string of the molecule is C[C@H](CC1CCCCC1)C(=O)N1CCC(O)(CN2C=CC=CC2=C2C=NC(=O)C=C2c2ccccc2F)C(C)(C)C1. The fourth-order valence-electron chi connectivity index (χ4n) is 6.86. The van der Waals surface area contributed by atoms with Crippen LogP contribution in [0.15, 0.2) is 71.0 Å². The van der Waals surface area contributed by atoms with E-state index in [9.17, 15) is 19.1 Å². The van der Waals surface area contributed by atoms with Crippen LogP contribution >= 0.6 is 0 Å². The number of rotatable bonds is 6. The number of aliphatic imine (C=N–C) groups is 1. The summed E-state index contributed by atoms with van der Waals surface area (Å²) in [6, 6.07) is 6.38. The predicted molar refractivity (Wildman–Crippen MR) is 160 cm³/mol. The van der Waals surface area contributed by atoms with E-state index in [1.807, 2.05) is 48.1 Å². The molecular formula is C34H42FN3O3. The number of benzene rings is 1. The lowest BCUT2D eigenvalue weighted by molar-refractivity contribution is -0.156. The first-order valence-electron chi connectivity index (χ1n) is 15.0. The summed E-state index contributed by atoms with van der Waals surface area (Å²) in [5.74, 6) is -0.0364. The molecule has 5 rings (SSSR count). The van der Waals surface area contributed by atoms with Gasteiger partial charge >= 0.3 is 0 Å². The van der Waals surface area contributed by atoms with Crippen molar-refractivity contribution in [2.45, 2.75) is 71.3 Å². The first-order chi connectivity index (χ1) is 19.6. The maximum Gasteiger partial charge on any atom is 0.270 e. The number of allylic oxidation sites excluding steroid dienone is 5. The summed E-state index contributed by atoms with van der Waals surface area (Å²) in [7, 11) is 0. The van der Waals surface area contributed by atoms with Crippen LogP contribution in [0.5, 0.6) is 0 Å². The molecule has 0 spiro atoms. The van der Waals surface area contributed by atoms with E-state index < -0.39 is 22.7 Å². The van der Waals surface area contributed by atoms with Crippen LogP contribution in [-0.4, -0.2) is 58.2 Å². The van der Waals surface area contributed by atoms with Crippen LogP contribution in [0.2, 0.25) is 0 Å². The first kappa shape index (κ1) is 29.2. The standard InChI is InChI=1S/C34H42FN3O3/c1-24(19-25-11-5-4-6-12-25)32(40)38-18-16-34(41,33(2,3)22-38)23-37-17-10-9-15-30(37)28-21-36-31(39)20-27(28)26-13-7-8-14-29(26)35/h7-10,13-15,17,20-21,24-25,41H,4-6,11-12,16,18-19,22-23H2,1-3H3/t24-,34?/m1/s1.